The minimum absolute atomic E-state index is 0.126. The van der Waals surface area contributed by atoms with Crippen LogP contribution in [0.1, 0.15) is 11.1 Å². The largest absolute Gasteiger partial charge is 0.327 e. The molecule has 0 N–H and O–H groups in total. The average Bonchev–Trinajstić information content (AvgIpc) is 2.61. The number of nitro groups is 2. The Morgan fingerprint density at radius 1 is 0.759 bits per heavy atom. The molecular formula is C15H12Cl2N2O8S2. The van der Waals surface area contributed by atoms with E-state index in [2.05, 4.69) is 0 Å². The van der Waals surface area contributed by atoms with Gasteiger partial charge in [0.05, 0.1) is 19.6 Å². The molecule has 2 rings (SSSR count). The SMILES string of the molecule is Cc1ccc(S(=O)(=O)C(Cl)(Cl)S(=O)(=O)c2ccc(C)c([N+](=O)[O-])c2)cc1[N+](=O)[O-]. The molecule has 0 fully saturated rings. The topological polar surface area (TPSA) is 155 Å². The molecule has 156 valence electrons. The van der Waals surface area contributed by atoms with Gasteiger partial charge in [0.25, 0.3) is 11.4 Å². The van der Waals surface area contributed by atoms with Crippen molar-refractivity contribution >= 4 is 54.3 Å². The summed E-state index contributed by atoms with van der Waals surface area (Å²) in [5.41, 5.74) is -0.918. The summed E-state index contributed by atoms with van der Waals surface area (Å²) in [6.45, 7) is 2.71. The molecule has 0 aliphatic rings. The molecule has 0 radical (unpaired) electrons. The summed E-state index contributed by atoms with van der Waals surface area (Å²) in [5, 5.41) is 22.1. The number of hydrogen-bond donors (Lipinski definition) is 0. The molecule has 0 spiro atoms. The first kappa shape index (κ1) is 23.0. The lowest BCUT2D eigenvalue weighted by Gasteiger charge is -2.20. The zero-order valence-electron chi connectivity index (χ0n) is 14.7. The number of hydrogen-bond acceptors (Lipinski definition) is 8. The maximum Gasteiger partial charge on any atom is 0.327 e. The number of aryl methyl sites for hydroxylation is 2. The van der Waals surface area contributed by atoms with Gasteiger partial charge in [-0.2, -0.15) is 0 Å². The van der Waals surface area contributed by atoms with Gasteiger partial charge in [0.1, 0.15) is 0 Å². The van der Waals surface area contributed by atoms with Crippen molar-refractivity contribution in [1.29, 1.82) is 0 Å². The maximum absolute atomic E-state index is 12.8. The third-order valence-corrected chi connectivity index (χ3v) is 10.8. The molecule has 0 saturated carbocycles. The van der Waals surface area contributed by atoms with Crippen molar-refractivity contribution in [3.63, 3.8) is 0 Å². The van der Waals surface area contributed by atoms with Gasteiger partial charge in [0.2, 0.25) is 19.7 Å². The quantitative estimate of drug-likeness (QED) is 0.344. The molecule has 2 aromatic rings. The van der Waals surface area contributed by atoms with E-state index in [9.17, 15) is 37.1 Å². The number of alkyl halides is 2. The monoisotopic (exact) mass is 482 g/mol. The van der Waals surface area contributed by atoms with Gasteiger partial charge in [-0.3, -0.25) is 20.2 Å². The Hall–Kier alpha value is -2.28. The first-order chi connectivity index (χ1) is 13.1. The van der Waals surface area contributed by atoms with Gasteiger partial charge in [0, 0.05) is 23.3 Å². The number of nitro benzene ring substituents is 2. The van der Waals surface area contributed by atoms with Gasteiger partial charge in [0.15, 0.2) is 0 Å². The Morgan fingerprint density at radius 3 is 1.34 bits per heavy atom. The van der Waals surface area contributed by atoms with Crippen molar-refractivity contribution in [3.05, 3.63) is 67.8 Å². The highest BCUT2D eigenvalue weighted by atomic mass is 35.5. The fourth-order valence-electron chi connectivity index (χ4n) is 2.32. The fourth-order valence-corrected chi connectivity index (χ4v) is 6.70. The van der Waals surface area contributed by atoms with Gasteiger partial charge >= 0.3 is 3.00 Å². The molecule has 0 aromatic heterocycles. The molecule has 0 unspecified atom stereocenters. The van der Waals surface area contributed by atoms with Crippen molar-refractivity contribution in [2.75, 3.05) is 0 Å². The Bertz CT molecular complexity index is 1150. The molecular weight excluding hydrogens is 471 g/mol. The Kier molecular flexibility index (Phi) is 5.96. The highest BCUT2D eigenvalue weighted by molar-refractivity contribution is 8.14. The smallest absolute Gasteiger partial charge is 0.258 e. The highest BCUT2D eigenvalue weighted by Gasteiger charge is 2.54. The number of halogens is 2. The maximum atomic E-state index is 12.8. The van der Waals surface area contributed by atoms with E-state index in [1.165, 1.54) is 13.8 Å². The first-order valence-corrected chi connectivity index (χ1v) is 11.2. The van der Waals surface area contributed by atoms with Crippen LogP contribution in [0.2, 0.25) is 0 Å². The summed E-state index contributed by atoms with van der Waals surface area (Å²) in [6.07, 6.45) is 0. The minimum Gasteiger partial charge on any atom is -0.258 e. The van der Waals surface area contributed by atoms with Gasteiger partial charge in [-0.1, -0.05) is 35.3 Å². The van der Waals surface area contributed by atoms with Gasteiger partial charge in [-0.25, -0.2) is 16.8 Å². The average molecular weight is 483 g/mol. The molecule has 0 saturated heterocycles. The predicted molar refractivity (Wildman–Crippen MR) is 104 cm³/mol. The standard InChI is InChI=1S/C15H12Cl2N2O8S2/c1-9-3-5-11(7-13(9)18(20)21)28(24,25)15(16,17)29(26,27)12-6-4-10(2)14(8-12)19(22)23/h3-8H,1-2H3. The third kappa shape index (κ3) is 3.80. The van der Waals surface area contributed by atoms with Crippen LogP contribution in [0, 0.1) is 34.1 Å². The molecule has 0 amide bonds. The van der Waals surface area contributed by atoms with Crippen LogP contribution in [0.5, 0.6) is 0 Å². The molecule has 10 nitrogen and oxygen atoms in total. The molecule has 2 aromatic carbocycles. The van der Waals surface area contributed by atoms with Crippen LogP contribution < -0.4 is 0 Å². The third-order valence-electron chi connectivity index (χ3n) is 4.00. The van der Waals surface area contributed by atoms with Gasteiger partial charge in [-0.05, 0) is 26.0 Å². The second-order valence-electron chi connectivity index (χ2n) is 5.88. The van der Waals surface area contributed by atoms with Crippen LogP contribution >= 0.6 is 23.2 Å². The first-order valence-electron chi connectivity index (χ1n) is 7.51. The second-order valence-corrected chi connectivity index (χ2v) is 12.5. The van der Waals surface area contributed by atoms with Crippen LogP contribution in [0.15, 0.2) is 46.2 Å². The van der Waals surface area contributed by atoms with Crippen molar-refractivity contribution in [2.24, 2.45) is 0 Å². The van der Waals surface area contributed by atoms with Crippen LogP contribution in [0.25, 0.3) is 0 Å². The van der Waals surface area contributed by atoms with Gasteiger partial charge in [-0.15, -0.1) is 0 Å². The van der Waals surface area contributed by atoms with E-state index in [0.717, 1.165) is 24.3 Å². The molecule has 0 atom stereocenters. The van der Waals surface area contributed by atoms with E-state index in [1.807, 2.05) is 0 Å². The molecule has 0 bridgehead atoms. The van der Waals surface area contributed by atoms with Crippen molar-refractivity contribution in [1.82, 2.24) is 0 Å². The van der Waals surface area contributed by atoms with Crippen LogP contribution in [0.3, 0.4) is 0 Å². The summed E-state index contributed by atoms with van der Waals surface area (Å²) in [6, 6.07) is 5.31. The lowest BCUT2D eigenvalue weighted by molar-refractivity contribution is -0.385. The van der Waals surface area contributed by atoms with Crippen molar-refractivity contribution < 1.29 is 26.7 Å². The number of benzene rings is 2. The summed E-state index contributed by atoms with van der Waals surface area (Å²) in [5.74, 6) is 0. The Labute approximate surface area is 175 Å². The fraction of sp³-hybridized carbons (Fsp3) is 0.200. The summed E-state index contributed by atoms with van der Waals surface area (Å²) >= 11 is 11.6. The van der Waals surface area contributed by atoms with E-state index in [0.29, 0.717) is 12.1 Å². The molecule has 29 heavy (non-hydrogen) atoms. The second kappa shape index (κ2) is 7.52. The van der Waals surface area contributed by atoms with Crippen LogP contribution in [0.4, 0.5) is 11.4 Å². The number of sulfone groups is 2. The van der Waals surface area contributed by atoms with Crippen molar-refractivity contribution in [2.45, 2.75) is 26.6 Å². The molecule has 14 heteroatoms. The molecule has 0 heterocycles. The molecule has 0 aliphatic heterocycles. The summed E-state index contributed by atoms with van der Waals surface area (Å²) in [7, 11) is -10.2. The minimum atomic E-state index is -5.09. The lowest BCUT2D eigenvalue weighted by atomic mass is 10.2. The van der Waals surface area contributed by atoms with Crippen LogP contribution in [-0.4, -0.2) is 29.7 Å². The number of rotatable bonds is 6. The number of nitrogens with zero attached hydrogens (tertiary/aromatic N) is 2. The lowest BCUT2D eigenvalue weighted by Crippen LogP contribution is -2.36. The molecule has 0 aliphatic carbocycles. The Balaban J connectivity index is 2.70. The van der Waals surface area contributed by atoms with E-state index in [-0.39, 0.29) is 11.1 Å². The van der Waals surface area contributed by atoms with E-state index >= 15 is 0 Å². The summed E-state index contributed by atoms with van der Waals surface area (Å²) in [4.78, 5) is 18.8. The summed E-state index contributed by atoms with van der Waals surface area (Å²) < 4.78 is 47.9. The van der Waals surface area contributed by atoms with E-state index in [1.54, 1.807) is 0 Å². The predicted octanol–water partition coefficient (Wildman–Crippen LogP) is 3.46. The highest BCUT2D eigenvalue weighted by Crippen LogP contribution is 2.44. The Morgan fingerprint density at radius 2 is 1.07 bits per heavy atom. The normalized spacial score (nSPS) is 12.6. The van der Waals surface area contributed by atoms with Gasteiger partial charge < -0.3 is 0 Å². The zero-order valence-corrected chi connectivity index (χ0v) is 17.8. The van der Waals surface area contributed by atoms with Crippen molar-refractivity contribution in [3.8, 4) is 0 Å². The van der Waals surface area contributed by atoms with E-state index < -0.39 is 53.7 Å². The van der Waals surface area contributed by atoms with Crippen LogP contribution in [-0.2, 0) is 19.7 Å². The zero-order chi connectivity index (χ0) is 22.4. The van der Waals surface area contributed by atoms with E-state index in [4.69, 9.17) is 23.2 Å².